The second kappa shape index (κ2) is 3.39. The van der Waals surface area contributed by atoms with Gasteiger partial charge in [0.25, 0.3) is 0 Å². The summed E-state index contributed by atoms with van der Waals surface area (Å²) < 4.78 is 0.537. The van der Waals surface area contributed by atoms with Gasteiger partial charge in [0.1, 0.15) is 0 Å². The predicted octanol–water partition coefficient (Wildman–Crippen LogP) is 1.34. The van der Waals surface area contributed by atoms with Crippen LogP contribution in [0.15, 0.2) is 0 Å². The van der Waals surface area contributed by atoms with E-state index in [4.69, 9.17) is 0 Å². The molecule has 0 aromatic rings. The van der Waals surface area contributed by atoms with Gasteiger partial charge < -0.3 is 5.32 Å². The maximum atomic E-state index is 10.7. The Morgan fingerprint density at radius 2 is 2.00 bits per heavy atom. The summed E-state index contributed by atoms with van der Waals surface area (Å²) in [5.41, 5.74) is -0.0811. The molecule has 3 heteroatoms. The number of amides is 1. The first-order chi connectivity index (χ1) is 3.95. The summed E-state index contributed by atoms with van der Waals surface area (Å²) >= 11 is 2.04. The predicted molar refractivity (Wildman–Crippen MR) is 46.8 cm³/mol. The molecule has 0 saturated carbocycles. The fourth-order valence-corrected chi connectivity index (χ4v) is 0.642. The highest BCUT2D eigenvalue weighted by Crippen LogP contribution is 1.98. The summed E-state index contributed by atoms with van der Waals surface area (Å²) in [5.74, 6) is 0.100. The molecule has 0 heterocycles. The van der Waals surface area contributed by atoms with E-state index in [-0.39, 0.29) is 11.4 Å². The number of carbonyl (C=O) groups is 1. The quantitative estimate of drug-likeness (QED) is 0.544. The molecule has 0 spiro atoms. The highest BCUT2D eigenvalue weighted by Gasteiger charge is 2.11. The van der Waals surface area contributed by atoms with Gasteiger partial charge in [-0.15, -0.1) is 0 Å². The van der Waals surface area contributed by atoms with Gasteiger partial charge in [-0.3, -0.25) is 4.79 Å². The van der Waals surface area contributed by atoms with Gasteiger partial charge in [0.2, 0.25) is 5.91 Å². The van der Waals surface area contributed by atoms with Crippen LogP contribution in [0.25, 0.3) is 0 Å². The molecule has 0 atom stereocenters. The fourth-order valence-electron chi connectivity index (χ4n) is 0.452. The molecular weight excluding hydrogens is 229 g/mol. The molecule has 0 aliphatic rings. The molecule has 0 aromatic carbocycles. The van der Waals surface area contributed by atoms with Crippen LogP contribution in [-0.2, 0) is 4.79 Å². The molecule has 0 fully saturated rings. The number of hydrogen-bond acceptors (Lipinski definition) is 1. The van der Waals surface area contributed by atoms with Crippen LogP contribution in [0.1, 0.15) is 20.8 Å². The van der Waals surface area contributed by atoms with Gasteiger partial charge in [-0.1, -0.05) is 22.6 Å². The molecule has 9 heavy (non-hydrogen) atoms. The van der Waals surface area contributed by atoms with Gasteiger partial charge in [-0.05, 0) is 20.8 Å². The van der Waals surface area contributed by atoms with Crippen molar-refractivity contribution in [1.29, 1.82) is 0 Å². The largest absolute Gasteiger partial charge is 0.351 e. The SMILES string of the molecule is CC(C)(C)NC(=O)CI. The van der Waals surface area contributed by atoms with Crippen molar-refractivity contribution in [1.82, 2.24) is 5.32 Å². The molecule has 0 aliphatic carbocycles. The first-order valence-corrected chi connectivity index (χ1v) is 4.35. The van der Waals surface area contributed by atoms with E-state index < -0.39 is 0 Å². The van der Waals surface area contributed by atoms with Crippen LogP contribution in [-0.4, -0.2) is 15.9 Å². The van der Waals surface area contributed by atoms with Crippen molar-refractivity contribution in [3.8, 4) is 0 Å². The average molecular weight is 241 g/mol. The Bertz CT molecular complexity index is 106. The number of carbonyl (C=O) groups excluding carboxylic acids is 1. The van der Waals surface area contributed by atoms with Crippen molar-refractivity contribution >= 4 is 28.5 Å². The van der Waals surface area contributed by atoms with Gasteiger partial charge in [0.15, 0.2) is 0 Å². The van der Waals surface area contributed by atoms with E-state index in [1.807, 2.05) is 43.4 Å². The molecule has 1 N–H and O–H groups in total. The molecule has 0 bridgehead atoms. The van der Waals surface area contributed by atoms with Crippen LogP contribution in [0.4, 0.5) is 0 Å². The maximum absolute atomic E-state index is 10.7. The Labute approximate surface area is 69.5 Å². The smallest absolute Gasteiger partial charge is 0.230 e. The van der Waals surface area contributed by atoms with Gasteiger partial charge >= 0.3 is 0 Å². The molecule has 0 aliphatic heterocycles. The molecule has 0 radical (unpaired) electrons. The third-order valence-electron chi connectivity index (χ3n) is 0.636. The second-order valence-corrected chi connectivity index (χ2v) is 3.69. The minimum atomic E-state index is -0.0811. The lowest BCUT2D eigenvalue weighted by Gasteiger charge is -2.19. The highest BCUT2D eigenvalue weighted by molar-refractivity contribution is 14.1. The number of rotatable bonds is 1. The van der Waals surface area contributed by atoms with Crippen molar-refractivity contribution in [3.63, 3.8) is 0 Å². The first-order valence-electron chi connectivity index (χ1n) is 2.82. The minimum Gasteiger partial charge on any atom is -0.351 e. The number of nitrogens with one attached hydrogen (secondary N) is 1. The standard InChI is InChI=1S/C6H12INO/c1-6(2,3)8-5(9)4-7/h4H2,1-3H3,(H,8,9). The molecule has 0 unspecified atom stereocenters. The summed E-state index contributed by atoms with van der Waals surface area (Å²) in [6, 6.07) is 0. The van der Waals surface area contributed by atoms with E-state index in [0.29, 0.717) is 4.43 Å². The van der Waals surface area contributed by atoms with Crippen LogP contribution in [0.2, 0.25) is 0 Å². The zero-order chi connectivity index (χ0) is 7.49. The lowest BCUT2D eigenvalue weighted by Crippen LogP contribution is -2.41. The molecule has 2 nitrogen and oxygen atoms in total. The summed E-state index contributed by atoms with van der Waals surface area (Å²) in [6.07, 6.45) is 0. The van der Waals surface area contributed by atoms with Crippen molar-refractivity contribution in [3.05, 3.63) is 0 Å². The topological polar surface area (TPSA) is 29.1 Å². The molecule has 0 rings (SSSR count). The monoisotopic (exact) mass is 241 g/mol. The zero-order valence-electron chi connectivity index (χ0n) is 5.99. The Balaban J connectivity index is 3.60. The van der Waals surface area contributed by atoms with Gasteiger partial charge in [-0.2, -0.15) is 0 Å². The third-order valence-corrected chi connectivity index (χ3v) is 1.33. The van der Waals surface area contributed by atoms with Crippen molar-refractivity contribution in [2.75, 3.05) is 4.43 Å². The third kappa shape index (κ3) is 6.08. The van der Waals surface area contributed by atoms with Crippen LogP contribution >= 0.6 is 22.6 Å². The van der Waals surface area contributed by atoms with Crippen molar-refractivity contribution < 1.29 is 4.79 Å². The normalized spacial score (nSPS) is 11.1. The van der Waals surface area contributed by atoms with E-state index >= 15 is 0 Å². The molecular formula is C6H12INO. The van der Waals surface area contributed by atoms with Crippen LogP contribution in [0.3, 0.4) is 0 Å². The van der Waals surface area contributed by atoms with E-state index in [2.05, 4.69) is 5.32 Å². The molecule has 1 amide bonds. The van der Waals surface area contributed by atoms with E-state index in [9.17, 15) is 4.79 Å². The number of hydrogen-bond donors (Lipinski definition) is 1. The van der Waals surface area contributed by atoms with Gasteiger partial charge in [0.05, 0.1) is 4.43 Å². The van der Waals surface area contributed by atoms with Crippen LogP contribution in [0, 0.1) is 0 Å². The van der Waals surface area contributed by atoms with Crippen molar-refractivity contribution in [2.45, 2.75) is 26.3 Å². The Hall–Kier alpha value is 0.200. The summed E-state index contributed by atoms with van der Waals surface area (Å²) in [5, 5.41) is 2.82. The van der Waals surface area contributed by atoms with E-state index in [0.717, 1.165) is 0 Å². The summed E-state index contributed by atoms with van der Waals surface area (Å²) in [7, 11) is 0. The molecule has 0 aromatic heterocycles. The lowest BCUT2D eigenvalue weighted by molar-refractivity contribution is -0.119. The van der Waals surface area contributed by atoms with Gasteiger partial charge in [-0.25, -0.2) is 0 Å². The summed E-state index contributed by atoms with van der Waals surface area (Å²) in [6.45, 7) is 5.91. The van der Waals surface area contributed by atoms with Crippen LogP contribution in [0.5, 0.6) is 0 Å². The lowest BCUT2D eigenvalue weighted by atomic mass is 10.1. The number of halogens is 1. The fraction of sp³-hybridized carbons (Fsp3) is 0.833. The zero-order valence-corrected chi connectivity index (χ0v) is 8.15. The minimum absolute atomic E-state index is 0.0811. The molecule has 0 saturated heterocycles. The van der Waals surface area contributed by atoms with Crippen molar-refractivity contribution in [2.24, 2.45) is 0 Å². The number of alkyl halides is 1. The second-order valence-electron chi connectivity index (χ2n) is 2.93. The van der Waals surface area contributed by atoms with Gasteiger partial charge in [0, 0.05) is 5.54 Å². The first kappa shape index (κ1) is 9.20. The van der Waals surface area contributed by atoms with Crippen LogP contribution < -0.4 is 5.32 Å². The summed E-state index contributed by atoms with van der Waals surface area (Å²) in [4.78, 5) is 10.7. The Morgan fingerprint density at radius 3 is 2.11 bits per heavy atom. The Kier molecular flexibility index (Phi) is 3.46. The average Bonchev–Trinajstić information content (AvgIpc) is 1.62. The highest BCUT2D eigenvalue weighted by atomic mass is 127. The Morgan fingerprint density at radius 1 is 1.56 bits per heavy atom. The van der Waals surface area contributed by atoms with E-state index in [1.165, 1.54) is 0 Å². The van der Waals surface area contributed by atoms with E-state index in [1.54, 1.807) is 0 Å². The maximum Gasteiger partial charge on any atom is 0.230 e. The molecule has 54 valence electrons.